The fraction of sp³-hybridized carbons (Fsp3) is 0.912. The molecule has 0 amide bonds. The second-order valence-corrected chi connectivity index (χ2v) is 17.1. The molecule has 7 nitrogen and oxygen atoms in total. The first-order chi connectivity index (χ1) is 22.1. The average molecular weight is 741 g/mol. The second kappa shape index (κ2) is 12.5. The Balaban J connectivity index is 1.83. The number of halogens is 9. The summed E-state index contributed by atoms with van der Waals surface area (Å²) in [6, 6.07) is 0. The van der Waals surface area contributed by atoms with Gasteiger partial charge in [0, 0.05) is 5.41 Å². The van der Waals surface area contributed by atoms with E-state index in [1.807, 2.05) is 27.7 Å². The molecule has 8 unspecified atom stereocenters. The zero-order valence-electron chi connectivity index (χ0n) is 30.1. The average Bonchev–Trinajstić information content (AvgIpc) is 2.92. The number of hydrogen-bond donors (Lipinski definition) is 1. The quantitative estimate of drug-likeness (QED) is 0.152. The van der Waals surface area contributed by atoms with E-state index in [0.717, 1.165) is 19.8 Å². The largest absolute Gasteiger partial charge is 0.465 e. The predicted octanol–water partition coefficient (Wildman–Crippen LogP) is 7.87. The highest BCUT2D eigenvalue weighted by Crippen LogP contribution is 2.86. The summed E-state index contributed by atoms with van der Waals surface area (Å²) in [7, 11) is 0. The molecule has 3 rings (SSSR count). The molecule has 3 fully saturated rings. The van der Waals surface area contributed by atoms with Crippen molar-refractivity contribution in [2.45, 2.75) is 113 Å². The topological polar surface area (TPSA) is 99.1 Å². The van der Waals surface area contributed by atoms with Crippen LogP contribution in [0.5, 0.6) is 0 Å². The van der Waals surface area contributed by atoms with E-state index in [1.165, 1.54) is 0 Å². The van der Waals surface area contributed by atoms with Gasteiger partial charge in [-0.2, -0.15) is 39.5 Å². The smallest absolute Gasteiger partial charge is 0.424 e. The number of carbonyl (C=O) groups is 3. The standard InChI is InChI=1S/C34H49F9O7/c1-25(2,3)29(8,28(7)22-19-12-11-18(19)21(22)26(28,4)5)23(45)49-14-13-27(6,16-48-15-20(44)31(10,47)34(41,42)43)17-50-24(46)30(9,32(35,36)37)33(38,39)40/h18-19,21-22,47H,11-17H2,1-10H3. The van der Waals surface area contributed by atoms with Gasteiger partial charge in [0.25, 0.3) is 5.41 Å². The van der Waals surface area contributed by atoms with E-state index in [-0.39, 0.29) is 18.3 Å². The molecule has 0 heterocycles. The van der Waals surface area contributed by atoms with E-state index in [4.69, 9.17) is 9.47 Å². The first kappa shape index (κ1) is 42.3. The highest BCUT2D eigenvalue weighted by Gasteiger charge is 2.83. The number of ether oxygens (including phenoxy) is 3. The molecular formula is C34H49F9O7. The molecule has 3 aliphatic carbocycles. The number of hydrogen-bond acceptors (Lipinski definition) is 7. The van der Waals surface area contributed by atoms with Gasteiger partial charge in [-0.15, -0.1) is 0 Å². The van der Waals surface area contributed by atoms with Crippen LogP contribution in [0.25, 0.3) is 0 Å². The number of ketones is 1. The highest BCUT2D eigenvalue weighted by molar-refractivity contribution is 5.88. The number of Topliss-reactive ketones (excluding diaryl/α,β-unsaturated/α-hetero) is 1. The SMILES string of the molecule is CC(CCOC(=O)C(C)(C(C)(C)C)C1(C)C2C3CCC3C2C1(C)C)(COCC(=O)C(C)(O)C(F)(F)F)COC(=O)C(C)(C(F)(F)F)C(F)(F)F. The van der Waals surface area contributed by atoms with Crippen LogP contribution >= 0.6 is 0 Å². The van der Waals surface area contributed by atoms with Crippen LogP contribution in [0.3, 0.4) is 0 Å². The number of fused-ring (bicyclic) bond motifs is 4. The van der Waals surface area contributed by atoms with Crippen LogP contribution in [-0.2, 0) is 28.6 Å². The number of carbonyl (C=O) groups excluding carboxylic acids is 3. The molecule has 0 bridgehead atoms. The fourth-order valence-electron chi connectivity index (χ4n) is 8.74. The van der Waals surface area contributed by atoms with E-state index < -0.39 is 109 Å². The van der Waals surface area contributed by atoms with Gasteiger partial charge in [-0.25, -0.2) is 0 Å². The summed E-state index contributed by atoms with van der Waals surface area (Å²) in [6.45, 7) is 10.9. The summed E-state index contributed by atoms with van der Waals surface area (Å²) >= 11 is 0. The molecule has 16 heteroatoms. The first-order valence-electron chi connectivity index (χ1n) is 16.5. The van der Waals surface area contributed by atoms with Crippen molar-refractivity contribution < 1.29 is 73.2 Å². The third-order valence-corrected chi connectivity index (χ3v) is 13.3. The van der Waals surface area contributed by atoms with Crippen LogP contribution in [0.15, 0.2) is 0 Å². The molecule has 3 aliphatic rings. The first-order valence-corrected chi connectivity index (χ1v) is 16.5. The van der Waals surface area contributed by atoms with Crippen LogP contribution in [0, 0.1) is 56.2 Å². The Hall–Kier alpha value is -2.10. The molecule has 0 radical (unpaired) electrons. The maximum atomic E-state index is 14.2. The Morgan fingerprint density at radius 3 is 1.60 bits per heavy atom. The van der Waals surface area contributed by atoms with E-state index >= 15 is 0 Å². The van der Waals surface area contributed by atoms with E-state index in [0.29, 0.717) is 17.8 Å². The van der Waals surface area contributed by atoms with Crippen LogP contribution < -0.4 is 0 Å². The number of rotatable bonds is 13. The lowest BCUT2D eigenvalue weighted by Crippen LogP contribution is -2.82. The summed E-state index contributed by atoms with van der Waals surface area (Å²) in [5, 5.41) is 9.62. The van der Waals surface area contributed by atoms with Crippen LogP contribution in [-0.4, -0.2) is 73.4 Å². The lowest BCUT2D eigenvalue weighted by molar-refractivity contribution is -0.378. The molecule has 0 saturated heterocycles. The molecular weight excluding hydrogens is 691 g/mol. The lowest BCUT2D eigenvalue weighted by Gasteiger charge is -2.85. The molecule has 1 N–H and O–H groups in total. The molecule has 0 aliphatic heterocycles. The highest BCUT2D eigenvalue weighted by atomic mass is 19.4. The Morgan fingerprint density at radius 2 is 1.18 bits per heavy atom. The van der Waals surface area contributed by atoms with Crippen molar-refractivity contribution >= 4 is 17.7 Å². The van der Waals surface area contributed by atoms with Gasteiger partial charge in [0.05, 0.1) is 25.2 Å². The van der Waals surface area contributed by atoms with Gasteiger partial charge in [-0.05, 0) is 80.0 Å². The minimum absolute atomic E-state index is 0.182. The monoisotopic (exact) mass is 740 g/mol. The summed E-state index contributed by atoms with van der Waals surface area (Å²) in [4.78, 5) is 38.7. The molecule has 0 aromatic heterocycles. The van der Waals surface area contributed by atoms with Gasteiger partial charge in [0.2, 0.25) is 5.60 Å². The maximum absolute atomic E-state index is 14.2. The molecule has 3 saturated carbocycles. The van der Waals surface area contributed by atoms with E-state index in [2.05, 4.69) is 25.5 Å². The molecule has 0 spiro atoms. The summed E-state index contributed by atoms with van der Waals surface area (Å²) in [5.41, 5.74) is -13.0. The minimum atomic E-state index is -6.11. The zero-order valence-corrected chi connectivity index (χ0v) is 30.1. The van der Waals surface area contributed by atoms with Gasteiger partial charge in [0.1, 0.15) is 6.61 Å². The van der Waals surface area contributed by atoms with Gasteiger partial charge in [-0.1, -0.05) is 48.5 Å². The third-order valence-electron chi connectivity index (χ3n) is 13.3. The van der Waals surface area contributed by atoms with Gasteiger partial charge < -0.3 is 19.3 Å². The molecule has 0 aromatic carbocycles. The molecule has 8 atom stereocenters. The Kier molecular flexibility index (Phi) is 10.6. The Morgan fingerprint density at radius 1 is 0.700 bits per heavy atom. The summed E-state index contributed by atoms with van der Waals surface area (Å²) in [6.07, 6.45) is -15.8. The number of aliphatic hydroxyl groups is 1. The van der Waals surface area contributed by atoms with Crippen molar-refractivity contribution in [1.82, 2.24) is 0 Å². The third kappa shape index (κ3) is 6.13. The predicted molar refractivity (Wildman–Crippen MR) is 160 cm³/mol. The fourth-order valence-corrected chi connectivity index (χ4v) is 8.74. The van der Waals surface area contributed by atoms with E-state index in [9.17, 15) is 59.0 Å². The normalized spacial score (nSPS) is 30.1. The number of alkyl halides is 9. The van der Waals surface area contributed by atoms with Gasteiger partial charge >= 0.3 is 30.5 Å². The number of esters is 2. The molecule has 50 heavy (non-hydrogen) atoms. The van der Waals surface area contributed by atoms with Crippen molar-refractivity contribution in [2.75, 3.05) is 26.4 Å². The maximum Gasteiger partial charge on any atom is 0.424 e. The summed E-state index contributed by atoms with van der Waals surface area (Å²) < 4.78 is 136. The van der Waals surface area contributed by atoms with E-state index in [1.54, 1.807) is 0 Å². The molecule has 290 valence electrons. The minimum Gasteiger partial charge on any atom is -0.465 e. The van der Waals surface area contributed by atoms with Gasteiger partial charge in [0.15, 0.2) is 5.78 Å². The zero-order chi connectivity index (χ0) is 39.1. The Labute approximate surface area is 286 Å². The van der Waals surface area contributed by atoms with Crippen LogP contribution in [0.1, 0.15) is 88.5 Å². The Bertz CT molecular complexity index is 1320. The molecule has 0 aromatic rings. The summed E-state index contributed by atoms with van der Waals surface area (Å²) in [5.74, 6) is -3.32. The van der Waals surface area contributed by atoms with Crippen molar-refractivity contribution in [1.29, 1.82) is 0 Å². The van der Waals surface area contributed by atoms with Gasteiger partial charge in [-0.3, -0.25) is 14.4 Å². The van der Waals surface area contributed by atoms with Crippen molar-refractivity contribution in [3.05, 3.63) is 0 Å². The second-order valence-electron chi connectivity index (χ2n) is 17.1. The lowest BCUT2D eigenvalue weighted by atomic mass is 9.19. The van der Waals surface area contributed by atoms with Crippen LogP contribution in [0.2, 0.25) is 0 Å². The van der Waals surface area contributed by atoms with Crippen molar-refractivity contribution in [2.24, 2.45) is 56.2 Å². The van der Waals surface area contributed by atoms with Crippen molar-refractivity contribution in [3.63, 3.8) is 0 Å². The van der Waals surface area contributed by atoms with Crippen LogP contribution in [0.4, 0.5) is 39.5 Å². The van der Waals surface area contributed by atoms with Crippen molar-refractivity contribution in [3.8, 4) is 0 Å².